The van der Waals surface area contributed by atoms with Crippen LogP contribution in [0.4, 0.5) is 0 Å². The van der Waals surface area contributed by atoms with Crippen LogP contribution in [-0.4, -0.2) is 38.3 Å². The third-order valence-electron chi connectivity index (χ3n) is 6.77. The Balaban J connectivity index is 1.41. The van der Waals surface area contributed by atoms with Crippen LogP contribution < -0.4 is 14.5 Å². The van der Waals surface area contributed by atoms with Crippen molar-refractivity contribution in [2.24, 2.45) is 0 Å². The van der Waals surface area contributed by atoms with Crippen LogP contribution in [-0.2, 0) is 15.6 Å². The molecule has 4 aromatic rings. The average molecular weight is 568 g/mol. The fourth-order valence-electron chi connectivity index (χ4n) is 4.85. The van der Waals surface area contributed by atoms with Crippen molar-refractivity contribution in [3.8, 4) is 22.6 Å². The number of likely N-dealkylation sites (tertiary alicyclic amines) is 1. The highest BCUT2D eigenvalue weighted by Gasteiger charge is 2.18. The van der Waals surface area contributed by atoms with Gasteiger partial charge in [-0.05, 0) is 85.4 Å². The topological polar surface area (TPSA) is 70.4 Å². The first-order chi connectivity index (χ1) is 19.1. The normalized spacial score (nSPS) is 14.0. The van der Waals surface area contributed by atoms with E-state index in [2.05, 4.69) is 9.79 Å². The molecule has 1 aliphatic heterocycles. The van der Waals surface area contributed by atoms with E-state index < -0.39 is 5.63 Å². The van der Waals surface area contributed by atoms with Crippen molar-refractivity contribution in [3.05, 3.63) is 93.3 Å². The molecule has 9 heteroatoms. The van der Waals surface area contributed by atoms with Crippen molar-refractivity contribution >= 4 is 34.9 Å². The lowest BCUT2D eigenvalue weighted by Crippen LogP contribution is -2.33. The van der Waals surface area contributed by atoms with Gasteiger partial charge in [-0.2, -0.15) is 0 Å². The van der Waals surface area contributed by atoms with Crippen molar-refractivity contribution in [1.29, 1.82) is 0 Å². The van der Waals surface area contributed by atoms with Gasteiger partial charge in [0.2, 0.25) is 0 Å². The maximum Gasteiger partial charge on any atom is 0.344 e. The Morgan fingerprint density at radius 1 is 0.949 bits per heavy atom. The molecule has 0 amide bonds. The van der Waals surface area contributed by atoms with Gasteiger partial charge in [0.25, 0.3) is 12.3 Å². The van der Waals surface area contributed by atoms with Crippen molar-refractivity contribution in [3.63, 3.8) is 0 Å². The molecule has 5 rings (SSSR count). The van der Waals surface area contributed by atoms with Gasteiger partial charge in [-0.25, -0.2) is 9.68 Å². The quantitative estimate of drug-likeness (QED) is 0.0625. The van der Waals surface area contributed by atoms with Gasteiger partial charge in [0.1, 0.15) is 23.7 Å². The third kappa shape index (κ3) is 7.15. The Kier molecular flexibility index (Phi) is 9.44. The fourth-order valence-corrected chi connectivity index (χ4v) is 5.25. The monoisotopic (exact) mass is 567 g/mol. The number of rotatable bonds is 11. The molecule has 0 bridgehead atoms. The van der Waals surface area contributed by atoms with Crippen LogP contribution in [0, 0.1) is 0 Å². The molecule has 0 saturated carbocycles. The maximum atomic E-state index is 13.3. The second kappa shape index (κ2) is 13.4. The Morgan fingerprint density at radius 2 is 1.69 bits per heavy atom. The highest BCUT2D eigenvalue weighted by atomic mass is 35.5. The second-order valence-corrected chi connectivity index (χ2v) is 10.2. The zero-order valence-electron chi connectivity index (χ0n) is 21.7. The Bertz CT molecular complexity index is 1440. The minimum Gasteiger partial charge on any atom is -0.492 e. The van der Waals surface area contributed by atoms with Crippen LogP contribution >= 0.6 is 23.9 Å². The highest BCUT2D eigenvalue weighted by molar-refractivity contribution is 7.90. The number of nitrogens with zero attached hydrogens (tertiary/aromatic N) is 1. The Labute approximate surface area is 236 Å². The fraction of sp³-hybridized carbons (Fsp3) is 0.300. The van der Waals surface area contributed by atoms with E-state index >= 15 is 0 Å². The van der Waals surface area contributed by atoms with Gasteiger partial charge in [-0.15, -0.1) is 4.33 Å². The van der Waals surface area contributed by atoms with Crippen molar-refractivity contribution in [2.75, 3.05) is 33.4 Å². The summed E-state index contributed by atoms with van der Waals surface area (Å²) < 4.78 is 21.9. The first-order valence-electron chi connectivity index (χ1n) is 12.9. The van der Waals surface area contributed by atoms with Crippen LogP contribution in [0.15, 0.2) is 75.9 Å². The SMILES string of the molecule is COOSOc1ccc2c(Cc3ccc(OCCN4CCCCC4)cc3)c(-c3ccc(Cl)cc3)c(=O)oc2c1. The molecule has 0 aliphatic carbocycles. The molecular weight excluding hydrogens is 538 g/mol. The van der Waals surface area contributed by atoms with E-state index in [9.17, 15) is 4.79 Å². The average Bonchev–Trinajstić information content (AvgIpc) is 2.95. The molecule has 204 valence electrons. The maximum absolute atomic E-state index is 13.3. The molecule has 0 N–H and O–H groups in total. The van der Waals surface area contributed by atoms with E-state index in [4.69, 9.17) is 29.3 Å². The summed E-state index contributed by atoms with van der Waals surface area (Å²) in [6, 6.07) is 20.6. The Hall–Kier alpha value is -3.01. The van der Waals surface area contributed by atoms with E-state index in [1.54, 1.807) is 24.3 Å². The number of piperidine rings is 1. The van der Waals surface area contributed by atoms with Gasteiger partial charge in [-0.3, -0.25) is 4.90 Å². The molecule has 0 radical (unpaired) electrons. The zero-order valence-corrected chi connectivity index (χ0v) is 23.3. The Morgan fingerprint density at radius 3 is 2.44 bits per heavy atom. The molecule has 1 aliphatic rings. The molecule has 1 saturated heterocycles. The zero-order chi connectivity index (χ0) is 27.0. The molecule has 0 atom stereocenters. The molecule has 1 fully saturated rings. The van der Waals surface area contributed by atoms with E-state index in [1.165, 1.54) is 26.4 Å². The van der Waals surface area contributed by atoms with Crippen LogP contribution in [0.2, 0.25) is 5.02 Å². The van der Waals surface area contributed by atoms with Crippen LogP contribution in [0.5, 0.6) is 11.5 Å². The second-order valence-electron chi connectivity index (χ2n) is 9.37. The number of ether oxygens (including phenoxy) is 1. The van der Waals surface area contributed by atoms with Crippen molar-refractivity contribution < 1.29 is 22.6 Å². The minimum atomic E-state index is -0.435. The van der Waals surface area contributed by atoms with E-state index in [0.29, 0.717) is 47.3 Å². The van der Waals surface area contributed by atoms with Gasteiger partial charge in [0.05, 0.1) is 12.7 Å². The summed E-state index contributed by atoms with van der Waals surface area (Å²) in [7, 11) is 1.38. The number of fused-ring (bicyclic) bond motifs is 1. The lowest BCUT2D eigenvalue weighted by Gasteiger charge is -2.26. The van der Waals surface area contributed by atoms with E-state index in [1.807, 2.05) is 42.5 Å². The lowest BCUT2D eigenvalue weighted by molar-refractivity contribution is -0.164. The number of hydrogen-bond donors (Lipinski definition) is 0. The summed E-state index contributed by atoms with van der Waals surface area (Å²) in [6.07, 6.45) is 4.40. The summed E-state index contributed by atoms with van der Waals surface area (Å²) in [6.45, 7) is 3.93. The van der Waals surface area contributed by atoms with E-state index in [-0.39, 0.29) is 0 Å². The number of halogens is 1. The first-order valence-corrected chi connectivity index (χ1v) is 14.0. The molecule has 2 heterocycles. The molecule has 39 heavy (non-hydrogen) atoms. The van der Waals surface area contributed by atoms with Gasteiger partial charge in [-0.1, -0.05) is 42.3 Å². The summed E-state index contributed by atoms with van der Waals surface area (Å²) in [5.41, 5.74) is 3.13. The number of benzene rings is 3. The summed E-state index contributed by atoms with van der Waals surface area (Å²) in [5.74, 6) is 1.30. The van der Waals surface area contributed by atoms with Crippen molar-refractivity contribution in [1.82, 2.24) is 4.90 Å². The predicted octanol–water partition coefficient (Wildman–Crippen LogP) is 7.09. The predicted molar refractivity (Wildman–Crippen MR) is 154 cm³/mol. The molecule has 0 unspecified atom stereocenters. The van der Waals surface area contributed by atoms with Gasteiger partial charge < -0.3 is 13.3 Å². The summed E-state index contributed by atoms with van der Waals surface area (Å²) in [5, 5.41) is 1.41. The van der Waals surface area contributed by atoms with Crippen molar-refractivity contribution in [2.45, 2.75) is 25.7 Å². The lowest BCUT2D eigenvalue weighted by atomic mass is 9.93. The highest BCUT2D eigenvalue weighted by Crippen LogP contribution is 2.33. The van der Waals surface area contributed by atoms with Gasteiger partial charge >= 0.3 is 5.63 Å². The van der Waals surface area contributed by atoms with E-state index in [0.717, 1.165) is 47.5 Å². The minimum absolute atomic E-state index is 0.417. The van der Waals surface area contributed by atoms with Crippen LogP contribution in [0.25, 0.3) is 22.1 Å². The van der Waals surface area contributed by atoms with Gasteiger partial charge in [0.15, 0.2) is 0 Å². The molecule has 0 spiro atoms. The van der Waals surface area contributed by atoms with Crippen LogP contribution in [0.3, 0.4) is 0 Å². The smallest absolute Gasteiger partial charge is 0.344 e. The standard InChI is InChI=1S/C30H30ClNO6S/c1-34-38-39-37-25-13-14-26-27(29(30(33)36-28(26)20-25)22-7-9-23(31)10-8-22)19-21-5-11-24(12-6-21)35-18-17-32-15-3-2-4-16-32/h5-14,20H,2-4,15-19H2,1H3. The van der Waals surface area contributed by atoms with Gasteiger partial charge in [0, 0.05) is 23.0 Å². The third-order valence-corrected chi connectivity index (χ3v) is 7.48. The summed E-state index contributed by atoms with van der Waals surface area (Å²) in [4.78, 5) is 20.3. The largest absolute Gasteiger partial charge is 0.492 e. The summed E-state index contributed by atoms with van der Waals surface area (Å²) >= 11 is 6.79. The first kappa shape index (κ1) is 27.6. The molecule has 3 aromatic carbocycles. The molecule has 1 aromatic heterocycles. The molecule has 7 nitrogen and oxygen atoms in total. The van der Waals surface area contributed by atoms with Crippen LogP contribution in [0.1, 0.15) is 30.4 Å². The number of hydrogen-bond acceptors (Lipinski definition) is 8. The molecular formula is C30H30ClNO6S.